The van der Waals surface area contributed by atoms with Crippen LogP contribution in [-0.4, -0.2) is 35.4 Å². The van der Waals surface area contributed by atoms with E-state index in [-0.39, 0.29) is 5.91 Å². The normalized spacial score (nSPS) is 11.1. The number of benzene rings is 1. The van der Waals surface area contributed by atoms with Crippen LogP contribution in [0.5, 0.6) is 0 Å². The summed E-state index contributed by atoms with van der Waals surface area (Å²) < 4.78 is 7.42. The average molecular weight is 343 g/mol. The van der Waals surface area contributed by atoms with Gasteiger partial charge in [0.1, 0.15) is 0 Å². The molecule has 0 fully saturated rings. The molecule has 1 aromatic carbocycles. The van der Waals surface area contributed by atoms with Gasteiger partial charge in [-0.3, -0.25) is 4.79 Å². The molecule has 0 atom stereocenters. The van der Waals surface area contributed by atoms with Gasteiger partial charge in [0.2, 0.25) is 5.91 Å². The van der Waals surface area contributed by atoms with Crippen LogP contribution in [0.3, 0.4) is 0 Å². The Hall–Kier alpha value is -2.14. The van der Waals surface area contributed by atoms with E-state index in [1.54, 1.807) is 0 Å². The zero-order chi connectivity index (χ0) is 18.2. The Labute approximate surface area is 150 Å². The quantitative estimate of drug-likeness (QED) is 0.711. The van der Waals surface area contributed by atoms with E-state index < -0.39 is 0 Å². The Bertz CT molecular complexity index is 678. The molecule has 25 heavy (non-hydrogen) atoms. The van der Waals surface area contributed by atoms with Crippen LogP contribution >= 0.6 is 0 Å². The molecule has 1 N–H and O–H groups in total. The Kier molecular flexibility index (Phi) is 7.19. The van der Waals surface area contributed by atoms with Gasteiger partial charge in [0.15, 0.2) is 0 Å². The second kappa shape index (κ2) is 9.37. The lowest BCUT2D eigenvalue weighted by molar-refractivity contribution is -0.120. The maximum Gasteiger partial charge on any atom is 0.224 e. The van der Waals surface area contributed by atoms with E-state index in [0.29, 0.717) is 25.5 Å². The van der Waals surface area contributed by atoms with E-state index in [9.17, 15) is 4.79 Å². The van der Waals surface area contributed by atoms with Gasteiger partial charge in [0.05, 0.1) is 17.8 Å². The molecule has 0 aliphatic rings. The van der Waals surface area contributed by atoms with E-state index in [1.165, 1.54) is 0 Å². The molecule has 0 unspecified atom stereocenters. The van der Waals surface area contributed by atoms with Crippen LogP contribution in [0.1, 0.15) is 37.2 Å². The summed E-state index contributed by atoms with van der Waals surface area (Å²) in [6, 6.07) is 9.98. The van der Waals surface area contributed by atoms with Crippen molar-refractivity contribution >= 4 is 5.91 Å². The number of nitrogens with one attached hydrogen (secondary N) is 1. The highest BCUT2D eigenvalue weighted by molar-refractivity contribution is 5.79. The minimum absolute atomic E-state index is 0.0303. The first-order valence-electron chi connectivity index (χ1n) is 8.94. The second-order valence-electron chi connectivity index (χ2n) is 6.75. The summed E-state index contributed by atoms with van der Waals surface area (Å²) >= 11 is 0. The van der Waals surface area contributed by atoms with Crippen molar-refractivity contribution in [1.29, 1.82) is 0 Å². The minimum Gasteiger partial charge on any atom is -0.381 e. The van der Waals surface area contributed by atoms with Gasteiger partial charge in [-0.15, -0.1) is 0 Å². The number of hydrogen-bond donors (Lipinski definition) is 1. The van der Waals surface area contributed by atoms with Crippen molar-refractivity contribution in [1.82, 2.24) is 15.1 Å². The molecule has 2 aromatic rings. The summed E-state index contributed by atoms with van der Waals surface area (Å²) in [4.78, 5) is 12.2. The van der Waals surface area contributed by atoms with Crippen molar-refractivity contribution in [2.45, 2.75) is 40.5 Å². The van der Waals surface area contributed by atoms with Crippen LogP contribution in [0.2, 0.25) is 0 Å². The zero-order valence-corrected chi connectivity index (χ0v) is 15.7. The molecule has 5 nitrogen and oxygen atoms in total. The Balaban J connectivity index is 1.86. The first-order chi connectivity index (χ1) is 12.0. The molecule has 1 heterocycles. The molecule has 2 rings (SSSR count). The number of rotatable bonds is 9. The molecule has 1 amide bonds. The van der Waals surface area contributed by atoms with Gasteiger partial charge in [-0.1, -0.05) is 32.0 Å². The molecule has 0 aliphatic carbocycles. The lowest BCUT2D eigenvalue weighted by Gasteiger charge is -2.08. The first-order valence-corrected chi connectivity index (χ1v) is 8.94. The van der Waals surface area contributed by atoms with Gasteiger partial charge in [-0.05, 0) is 38.3 Å². The number of aryl methyl sites for hydroxylation is 1. The van der Waals surface area contributed by atoms with Crippen LogP contribution in [0, 0.1) is 19.8 Å². The molecule has 0 spiro atoms. The third-order valence-corrected chi connectivity index (χ3v) is 4.02. The topological polar surface area (TPSA) is 56.2 Å². The number of hydrogen-bond acceptors (Lipinski definition) is 3. The summed E-state index contributed by atoms with van der Waals surface area (Å²) in [7, 11) is 0. The molecule has 5 heteroatoms. The van der Waals surface area contributed by atoms with E-state index in [0.717, 1.165) is 35.7 Å². The van der Waals surface area contributed by atoms with Gasteiger partial charge < -0.3 is 10.1 Å². The van der Waals surface area contributed by atoms with Crippen molar-refractivity contribution in [3.63, 3.8) is 0 Å². The van der Waals surface area contributed by atoms with Crippen molar-refractivity contribution < 1.29 is 9.53 Å². The predicted molar refractivity (Wildman–Crippen MR) is 100 cm³/mol. The Morgan fingerprint density at radius 1 is 1.24 bits per heavy atom. The molecule has 0 bridgehead atoms. The largest absolute Gasteiger partial charge is 0.381 e. The van der Waals surface area contributed by atoms with Gasteiger partial charge in [0, 0.05) is 31.0 Å². The smallest absolute Gasteiger partial charge is 0.224 e. The monoisotopic (exact) mass is 343 g/mol. The molecule has 1 aromatic heterocycles. The first kappa shape index (κ1) is 19.2. The van der Waals surface area contributed by atoms with Gasteiger partial charge >= 0.3 is 0 Å². The van der Waals surface area contributed by atoms with Crippen LogP contribution in [0.25, 0.3) is 5.69 Å². The molecule has 0 aliphatic heterocycles. The number of para-hydroxylation sites is 1. The standard InChI is InChI=1S/C20H29N3O2/c1-15(2)14-25-12-8-11-21-20(24)13-19-16(3)22-23(17(19)4)18-9-6-5-7-10-18/h5-7,9-10,15H,8,11-14H2,1-4H3,(H,21,24). The molecule has 0 radical (unpaired) electrons. The molecular weight excluding hydrogens is 314 g/mol. The average Bonchev–Trinajstić information content (AvgIpc) is 2.86. The maximum atomic E-state index is 12.2. The SMILES string of the molecule is Cc1nn(-c2ccccc2)c(C)c1CC(=O)NCCCOCC(C)C. The van der Waals surface area contributed by atoms with Crippen LogP contribution < -0.4 is 5.32 Å². The fourth-order valence-electron chi connectivity index (χ4n) is 2.70. The van der Waals surface area contributed by atoms with E-state index >= 15 is 0 Å². The third kappa shape index (κ3) is 5.71. The summed E-state index contributed by atoms with van der Waals surface area (Å²) in [6.07, 6.45) is 1.19. The number of aromatic nitrogens is 2. The van der Waals surface area contributed by atoms with E-state index in [2.05, 4.69) is 24.3 Å². The Morgan fingerprint density at radius 3 is 2.64 bits per heavy atom. The molecular formula is C20H29N3O2. The lowest BCUT2D eigenvalue weighted by Crippen LogP contribution is -2.27. The minimum atomic E-state index is 0.0303. The van der Waals surface area contributed by atoms with Crippen molar-refractivity contribution in [3.8, 4) is 5.69 Å². The van der Waals surface area contributed by atoms with E-state index in [4.69, 9.17) is 4.74 Å². The van der Waals surface area contributed by atoms with Crippen LogP contribution in [-0.2, 0) is 16.0 Å². The highest BCUT2D eigenvalue weighted by Gasteiger charge is 2.15. The number of carbonyl (C=O) groups excluding carboxylic acids is 1. The van der Waals surface area contributed by atoms with Crippen molar-refractivity contribution in [2.75, 3.05) is 19.8 Å². The highest BCUT2D eigenvalue weighted by Crippen LogP contribution is 2.18. The third-order valence-electron chi connectivity index (χ3n) is 4.02. The van der Waals surface area contributed by atoms with Gasteiger partial charge in [-0.25, -0.2) is 4.68 Å². The van der Waals surface area contributed by atoms with Gasteiger partial charge in [-0.2, -0.15) is 5.10 Å². The summed E-state index contributed by atoms with van der Waals surface area (Å²) in [6.45, 7) is 10.3. The number of amides is 1. The molecule has 0 saturated carbocycles. The summed E-state index contributed by atoms with van der Waals surface area (Å²) in [5.41, 5.74) is 3.92. The maximum absolute atomic E-state index is 12.2. The number of nitrogens with zero attached hydrogens (tertiary/aromatic N) is 2. The van der Waals surface area contributed by atoms with Crippen molar-refractivity contribution in [3.05, 3.63) is 47.3 Å². The number of ether oxygens (including phenoxy) is 1. The van der Waals surface area contributed by atoms with Crippen LogP contribution in [0.4, 0.5) is 0 Å². The predicted octanol–water partition coefficient (Wildman–Crippen LogP) is 3.21. The summed E-state index contributed by atoms with van der Waals surface area (Å²) in [5.74, 6) is 0.573. The van der Waals surface area contributed by atoms with Gasteiger partial charge in [0.25, 0.3) is 0 Å². The lowest BCUT2D eigenvalue weighted by atomic mass is 10.1. The summed E-state index contributed by atoms with van der Waals surface area (Å²) in [5, 5.41) is 7.55. The molecule has 136 valence electrons. The fraction of sp³-hybridized carbons (Fsp3) is 0.500. The Morgan fingerprint density at radius 2 is 1.96 bits per heavy atom. The second-order valence-corrected chi connectivity index (χ2v) is 6.75. The molecule has 0 saturated heterocycles. The van der Waals surface area contributed by atoms with E-state index in [1.807, 2.05) is 48.9 Å². The van der Waals surface area contributed by atoms with Crippen molar-refractivity contribution in [2.24, 2.45) is 5.92 Å². The highest BCUT2D eigenvalue weighted by atomic mass is 16.5. The fourth-order valence-corrected chi connectivity index (χ4v) is 2.70. The van der Waals surface area contributed by atoms with Crippen LogP contribution in [0.15, 0.2) is 30.3 Å². The zero-order valence-electron chi connectivity index (χ0n) is 15.7. The number of carbonyl (C=O) groups is 1.